The van der Waals surface area contributed by atoms with Gasteiger partial charge < -0.3 is 24.8 Å². The lowest BCUT2D eigenvalue weighted by Crippen LogP contribution is -2.40. The number of fused-ring (bicyclic) bond motifs is 1. The fourth-order valence-electron chi connectivity index (χ4n) is 7.07. The van der Waals surface area contributed by atoms with Gasteiger partial charge in [-0.3, -0.25) is 0 Å². The molecule has 3 saturated carbocycles. The minimum atomic E-state index is -1.08. The van der Waals surface area contributed by atoms with Crippen molar-refractivity contribution in [3.8, 4) is 0 Å². The highest BCUT2D eigenvalue weighted by Crippen LogP contribution is 2.59. The molecular weight excluding hydrogens is 492 g/mol. The lowest BCUT2D eigenvalue weighted by molar-refractivity contribution is -0.0671. The van der Waals surface area contributed by atoms with Crippen LogP contribution in [0.4, 0.5) is 4.79 Å². The van der Waals surface area contributed by atoms with Gasteiger partial charge in [-0.1, -0.05) is 70.1 Å². The summed E-state index contributed by atoms with van der Waals surface area (Å²) in [6, 6.07) is 0. The first-order valence-electron chi connectivity index (χ1n) is 15.1. The van der Waals surface area contributed by atoms with Crippen molar-refractivity contribution >= 4 is 6.16 Å². The van der Waals surface area contributed by atoms with Crippen LogP contribution < -0.4 is 0 Å². The van der Waals surface area contributed by atoms with Gasteiger partial charge in [-0.15, -0.1) is 0 Å². The van der Waals surface area contributed by atoms with Crippen LogP contribution in [-0.4, -0.2) is 52.0 Å². The van der Waals surface area contributed by atoms with Crippen LogP contribution in [0.2, 0.25) is 0 Å². The highest BCUT2D eigenvalue weighted by molar-refractivity contribution is 5.60. The zero-order valence-corrected chi connectivity index (χ0v) is 24.8. The van der Waals surface area contributed by atoms with E-state index in [2.05, 4.69) is 45.6 Å². The van der Waals surface area contributed by atoms with Gasteiger partial charge in [0, 0.05) is 6.42 Å². The number of unbranched alkanes of at least 4 members (excludes halogenated alkanes) is 2. The predicted octanol–water partition coefficient (Wildman–Crippen LogP) is 6.80. The molecule has 0 bridgehead atoms. The van der Waals surface area contributed by atoms with Crippen LogP contribution in [-0.2, 0) is 9.47 Å². The third-order valence-corrected chi connectivity index (χ3v) is 9.56. The Hall–Kier alpha value is -1.89. The first-order chi connectivity index (χ1) is 18.4. The Labute approximate surface area is 235 Å². The van der Waals surface area contributed by atoms with E-state index in [4.69, 9.17) is 9.47 Å². The number of hydrogen-bond acceptors (Lipinski definition) is 6. The molecule has 7 atom stereocenters. The molecule has 0 aromatic heterocycles. The molecular formula is C33H52O6. The first-order valence-corrected chi connectivity index (χ1v) is 15.1. The van der Waals surface area contributed by atoms with Crippen molar-refractivity contribution < 1.29 is 29.6 Å². The molecule has 3 fully saturated rings. The molecule has 0 heterocycles. The summed E-state index contributed by atoms with van der Waals surface area (Å²) in [5, 5.41) is 31.2. The molecule has 0 unspecified atom stereocenters. The average molecular weight is 545 g/mol. The minimum absolute atomic E-state index is 0.175. The van der Waals surface area contributed by atoms with Gasteiger partial charge in [-0.25, -0.2) is 4.79 Å². The lowest BCUT2D eigenvalue weighted by atomic mass is 9.61. The molecule has 3 N–H and O–H groups in total. The quantitative estimate of drug-likeness (QED) is 0.159. The fraction of sp³-hybridized carbons (Fsp3) is 0.727. The molecule has 0 aliphatic heterocycles. The van der Waals surface area contributed by atoms with Crippen LogP contribution in [0.3, 0.4) is 0 Å². The monoisotopic (exact) mass is 544 g/mol. The van der Waals surface area contributed by atoms with Crippen molar-refractivity contribution in [2.75, 3.05) is 6.61 Å². The van der Waals surface area contributed by atoms with E-state index < -0.39 is 30.1 Å². The summed E-state index contributed by atoms with van der Waals surface area (Å²) in [5.74, 6) is 1.26. The lowest BCUT2D eigenvalue weighted by Gasteiger charge is -2.44. The Morgan fingerprint density at radius 2 is 1.95 bits per heavy atom. The summed E-state index contributed by atoms with van der Waals surface area (Å²) >= 11 is 0. The Balaban J connectivity index is 1.63. The number of hydrogen-bond donors (Lipinski definition) is 3. The smallest absolute Gasteiger partial charge is 0.434 e. The van der Waals surface area contributed by atoms with E-state index in [1.165, 1.54) is 12.0 Å². The second kappa shape index (κ2) is 13.6. The Kier molecular flexibility index (Phi) is 11.1. The van der Waals surface area contributed by atoms with E-state index in [1.54, 1.807) is 19.9 Å². The van der Waals surface area contributed by atoms with Gasteiger partial charge in [0.25, 0.3) is 0 Å². The standard InChI is InChI=1S/C33H52O6/c1-7-8-9-19-38-31(37)39-32(4,5)30(36)17-12-22(2)27-15-16-28-24(11-10-18-33(27,28)6)13-14-25-20-26(34)21-29(35)23(25)3/h12-14,17,22,26-30,34-36H,3,7-11,15-16,18-21H2,1-2,4-6H3/b17-12+,24-13+,25-14-/t22-,26-,27-,28+,29+,30-,33-/m1/s1. The Morgan fingerprint density at radius 1 is 1.21 bits per heavy atom. The normalized spacial score (nSPS) is 33.4. The van der Waals surface area contributed by atoms with Gasteiger partial charge in [-0.2, -0.15) is 0 Å². The van der Waals surface area contributed by atoms with Crippen LogP contribution in [0.1, 0.15) is 98.8 Å². The molecule has 39 heavy (non-hydrogen) atoms. The summed E-state index contributed by atoms with van der Waals surface area (Å²) < 4.78 is 10.6. The molecule has 0 aromatic carbocycles. The highest BCUT2D eigenvalue weighted by Gasteiger charge is 2.50. The van der Waals surface area contributed by atoms with E-state index in [0.717, 1.165) is 56.1 Å². The molecule has 6 heteroatoms. The second-order valence-electron chi connectivity index (χ2n) is 12.9. The zero-order chi connectivity index (χ0) is 28.8. The predicted molar refractivity (Wildman–Crippen MR) is 155 cm³/mol. The van der Waals surface area contributed by atoms with Crippen molar-refractivity contribution in [2.24, 2.45) is 23.2 Å². The number of rotatable bonds is 10. The van der Waals surface area contributed by atoms with E-state index in [0.29, 0.717) is 31.3 Å². The third kappa shape index (κ3) is 7.86. The third-order valence-electron chi connectivity index (χ3n) is 9.56. The number of carbonyl (C=O) groups is 1. The molecule has 3 rings (SSSR count). The average Bonchev–Trinajstić information content (AvgIpc) is 3.23. The Morgan fingerprint density at radius 3 is 2.67 bits per heavy atom. The molecule has 0 spiro atoms. The van der Waals surface area contributed by atoms with Crippen LogP contribution >= 0.6 is 0 Å². The maximum atomic E-state index is 12.1. The summed E-state index contributed by atoms with van der Waals surface area (Å²) in [6.07, 6.45) is 14.8. The first kappa shape index (κ1) is 31.6. The van der Waals surface area contributed by atoms with Gasteiger partial charge >= 0.3 is 6.16 Å². The highest BCUT2D eigenvalue weighted by atomic mass is 16.7. The topological polar surface area (TPSA) is 96.2 Å². The van der Waals surface area contributed by atoms with Gasteiger partial charge in [0.2, 0.25) is 0 Å². The van der Waals surface area contributed by atoms with Gasteiger partial charge in [0.15, 0.2) is 0 Å². The summed E-state index contributed by atoms with van der Waals surface area (Å²) in [4.78, 5) is 12.1. The van der Waals surface area contributed by atoms with E-state index in [1.807, 2.05) is 0 Å². The van der Waals surface area contributed by atoms with Crippen molar-refractivity contribution in [3.63, 3.8) is 0 Å². The maximum Gasteiger partial charge on any atom is 0.508 e. The Bertz CT molecular complexity index is 946. The summed E-state index contributed by atoms with van der Waals surface area (Å²) in [7, 11) is 0. The number of aliphatic hydroxyl groups is 3. The van der Waals surface area contributed by atoms with E-state index >= 15 is 0 Å². The van der Waals surface area contributed by atoms with Gasteiger partial charge in [0.05, 0.1) is 18.8 Å². The minimum Gasteiger partial charge on any atom is -0.434 e. The van der Waals surface area contributed by atoms with Crippen LogP contribution in [0.25, 0.3) is 0 Å². The number of ether oxygens (including phenoxy) is 2. The summed E-state index contributed by atoms with van der Waals surface area (Å²) in [5.41, 5.74) is 2.24. The summed E-state index contributed by atoms with van der Waals surface area (Å²) in [6.45, 7) is 14.5. The van der Waals surface area contributed by atoms with E-state index in [9.17, 15) is 20.1 Å². The van der Waals surface area contributed by atoms with Crippen LogP contribution in [0, 0.1) is 23.2 Å². The number of aliphatic hydroxyl groups excluding tert-OH is 3. The molecule has 0 amide bonds. The van der Waals surface area contributed by atoms with Crippen molar-refractivity contribution in [3.05, 3.63) is 47.6 Å². The molecule has 0 radical (unpaired) electrons. The SMILES string of the molecule is C=C1/C(=C\C=C2/CCC[C@]3(C)[C@@H]([C@H](C)/C=C/[C@@H](O)C(C)(C)OC(=O)OCCCCC)CC[C@@H]23)C[C@@H](O)C[C@@H]1O. The second-order valence-corrected chi connectivity index (χ2v) is 12.9. The molecule has 3 aliphatic carbocycles. The van der Waals surface area contributed by atoms with E-state index in [-0.39, 0.29) is 11.3 Å². The fourth-order valence-corrected chi connectivity index (χ4v) is 7.07. The molecule has 3 aliphatic rings. The number of allylic oxidation sites excluding steroid dienone is 4. The van der Waals surface area contributed by atoms with Crippen molar-refractivity contribution in [1.29, 1.82) is 0 Å². The van der Waals surface area contributed by atoms with Crippen molar-refractivity contribution in [2.45, 2.75) is 123 Å². The molecule has 6 nitrogen and oxygen atoms in total. The van der Waals surface area contributed by atoms with Crippen LogP contribution in [0.5, 0.6) is 0 Å². The van der Waals surface area contributed by atoms with Crippen molar-refractivity contribution in [1.82, 2.24) is 0 Å². The molecule has 0 aromatic rings. The van der Waals surface area contributed by atoms with Gasteiger partial charge in [0.1, 0.15) is 11.7 Å². The zero-order valence-electron chi connectivity index (χ0n) is 24.8. The number of carbonyl (C=O) groups excluding carboxylic acids is 1. The maximum absolute atomic E-state index is 12.1. The molecule has 220 valence electrons. The van der Waals surface area contributed by atoms with Gasteiger partial charge in [-0.05, 0) is 93.1 Å². The largest absolute Gasteiger partial charge is 0.508 e. The van der Waals surface area contributed by atoms with Crippen LogP contribution in [0.15, 0.2) is 47.6 Å². The molecule has 0 saturated heterocycles.